The van der Waals surface area contributed by atoms with Crippen LogP contribution in [-0.4, -0.2) is 31.4 Å². The third kappa shape index (κ3) is 4.28. The number of nitrogens with one attached hydrogen (secondary N) is 1. The van der Waals surface area contributed by atoms with Crippen molar-refractivity contribution in [3.05, 3.63) is 16.3 Å². The summed E-state index contributed by atoms with van der Waals surface area (Å²) < 4.78 is 27.6. The summed E-state index contributed by atoms with van der Waals surface area (Å²) in [6, 6.07) is 2.34. The van der Waals surface area contributed by atoms with Gasteiger partial charge in [-0.2, -0.15) is 4.31 Å². The zero-order valence-electron chi connectivity index (χ0n) is 13.1. The van der Waals surface area contributed by atoms with Gasteiger partial charge >= 0.3 is 0 Å². The minimum atomic E-state index is -3.34. The van der Waals surface area contributed by atoms with Crippen molar-refractivity contribution in [2.45, 2.75) is 70.0 Å². The summed E-state index contributed by atoms with van der Waals surface area (Å²) in [6.07, 6.45) is 3.96. The first-order valence-electron chi connectivity index (χ1n) is 7.78. The molecule has 0 radical (unpaired) electrons. The largest absolute Gasteiger partial charge is 0.310 e. The molecule has 1 aliphatic carbocycles. The average Bonchev–Trinajstić information content (AvgIpc) is 3.13. The number of sulfonamides is 1. The number of nitrogens with zero attached hydrogens (tertiary/aromatic N) is 1. The highest BCUT2D eigenvalue weighted by molar-refractivity contribution is 7.89. The first-order chi connectivity index (χ1) is 9.96. The number of unbranched alkanes of at least 4 members (excludes halogenated alkanes) is 1. The minimum absolute atomic E-state index is 0.229. The normalized spacial score (nSPS) is 16.0. The molecule has 0 aliphatic heterocycles. The Morgan fingerprint density at radius 3 is 2.71 bits per heavy atom. The van der Waals surface area contributed by atoms with Gasteiger partial charge in [0.2, 0.25) is 10.0 Å². The number of thiophene rings is 1. The summed E-state index contributed by atoms with van der Waals surface area (Å²) in [5.74, 6) is 0. The Balaban J connectivity index is 2.19. The molecule has 1 aromatic heterocycles. The SMILES string of the molecule is CCCCN(C1CC1)S(=O)(=O)c1ccsc1CNC(C)C. The maximum atomic E-state index is 13.0. The lowest BCUT2D eigenvalue weighted by atomic mass is 10.3. The predicted molar refractivity (Wildman–Crippen MR) is 88.1 cm³/mol. The van der Waals surface area contributed by atoms with Crippen LogP contribution in [0.4, 0.5) is 0 Å². The highest BCUT2D eigenvalue weighted by atomic mass is 32.2. The Hall–Kier alpha value is -0.430. The molecule has 1 saturated carbocycles. The summed E-state index contributed by atoms with van der Waals surface area (Å²) in [5.41, 5.74) is 0. The van der Waals surface area contributed by atoms with Crippen molar-refractivity contribution in [1.82, 2.24) is 9.62 Å². The Morgan fingerprint density at radius 1 is 1.43 bits per heavy atom. The van der Waals surface area contributed by atoms with E-state index in [4.69, 9.17) is 0 Å². The van der Waals surface area contributed by atoms with Gasteiger partial charge in [0.25, 0.3) is 0 Å². The first-order valence-corrected chi connectivity index (χ1v) is 10.1. The van der Waals surface area contributed by atoms with E-state index in [0.717, 1.165) is 30.6 Å². The summed E-state index contributed by atoms with van der Waals surface area (Å²) >= 11 is 1.52. The standard InChI is InChI=1S/C15H26N2O2S2/c1-4-5-9-17(13-6-7-13)21(18,19)15-8-10-20-14(15)11-16-12(2)3/h8,10,12-13,16H,4-7,9,11H2,1-3H3. The molecule has 0 aromatic carbocycles. The number of hydrogen-bond donors (Lipinski definition) is 1. The lowest BCUT2D eigenvalue weighted by Crippen LogP contribution is -2.34. The van der Waals surface area contributed by atoms with Crippen molar-refractivity contribution >= 4 is 21.4 Å². The van der Waals surface area contributed by atoms with Crippen molar-refractivity contribution < 1.29 is 8.42 Å². The molecule has 0 unspecified atom stereocenters. The Labute approximate surface area is 132 Å². The fourth-order valence-electron chi connectivity index (χ4n) is 2.29. The Morgan fingerprint density at radius 2 is 2.14 bits per heavy atom. The molecule has 1 aliphatic rings. The zero-order chi connectivity index (χ0) is 15.5. The number of hydrogen-bond acceptors (Lipinski definition) is 4. The van der Waals surface area contributed by atoms with Crippen molar-refractivity contribution in [2.75, 3.05) is 6.54 Å². The second-order valence-corrected chi connectivity index (χ2v) is 8.80. The number of rotatable bonds is 9. The van der Waals surface area contributed by atoms with Crippen LogP contribution in [0.15, 0.2) is 16.3 Å². The van der Waals surface area contributed by atoms with E-state index in [9.17, 15) is 8.42 Å². The molecular formula is C15H26N2O2S2. The fourth-order valence-corrected chi connectivity index (χ4v) is 5.38. The van der Waals surface area contributed by atoms with E-state index in [1.165, 1.54) is 11.3 Å². The van der Waals surface area contributed by atoms with Crippen molar-refractivity contribution in [3.63, 3.8) is 0 Å². The Kier molecular flexibility index (Phi) is 5.82. The monoisotopic (exact) mass is 330 g/mol. The first kappa shape index (κ1) is 16.9. The lowest BCUT2D eigenvalue weighted by molar-refractivity contribution is 0.395. The van der Waals surface area contributed by atoms with E-state index in [2.05, 4.69) is 26.1 Å². The van der Waals surface area contributed by atoms with Crippen molar-refractivity contribution in [3.8, 4) is 0 Å². The van der Waals surface area contributed by atoms with E-state index >= 15 is 0 Å². The summed E-state index contributed by atoms with van der Waals surface area (Å²) in [6.45, 7) is 7.51. The van der Waals surface area contributed by atoms with Gasteiger partial charge in [0.15, 0.2) is 0 Å². The molecule has 0 amide bonds. The van der Waals surface area contributed by atoms with Crippen LogP contribution in [0.25, 0.3) is 0 Å². The van der Waals surface area contributed by atoms with Crippen LogP contribution in [0.3, 0.4) is 0 Å². The molecule has 1 N–H and O–H groups in total. The molecule has 120 valence electrons. The molecule has 0 saturated heterocycles. The quantitative estimate of drug-likeness (QED) is 0.756. The van der Waals surface area contributed by atoms with E-state index < -0.39 is 10.0 Å². The smallest absolute Gasteiger partial charge is 0.244 e. The molecule has 0 atom stereocenters. The van der Waals surface area contributed by atoms with Crippen LogP contribution in [0, 0.1) is 0 Å². The highest BCUT2D eigenvalue weighted by Crippen LogP contribution is 2.34. The topological polar surface area (TPSA) is 49.4 Å². The van der Waals surface area contributed by atoms with Gasteiger partial charge in [-0.3, -0.25) is 0 Å². The van der Waals surface area contributed by atoms with E-state index in [-0.39, 0.29) is 6.04 Å². The molecule has 4 nitrogen and oxygen atoms in total. The molecule has 2 rings (SSSR count). The molecule has 1 aromatic rings. The molecule has 0 spiro atoms. The van der Waals surface area contributed by atoms with E-state index in [1.54, 1.807) is 10.4 Å². The highest BCUT2D eigenvalue weighted by Gasteiger charge is 2.38. The van der Waals surface area contributed by atoms with Gasteiger partial charge in [-0.1, -0.05) is 27.2 Å². The molecular weight excluding hydrogens is 304 g/mol. The molecule has 21 heavy (non-hydrogen) atoms. The zero-order valence-corrected chi connectivity index (χ0v) is 14.8. The van der Waals surface area contributed by atoms with E-state index in [0.29, 0.717) is 24.0 Å². The fraction of sp³-hybridized carbons (Fsp3) is 0.733. The minimum Gasteiger partial charge on any atom is -0.310 e. The van der Waals surface area contributed by atoms with E-state index in [1.807, 2.05) is 5.38 Å². The molecule has 6 heteroatoms. The summed E-state index contributed by atoms with van der Waals surface area (Å²) in [7, 11) is -3.34. The predicted octanol–water partition coefficient (Wildman–Crippen LogP) is 3.20. The molecule has 1 heterocycles. The van der Waals surface area contributed by atoms with Gasteiger partial charge < -0.3 is 5.32 Å². The molecule has 0 bridgehead atoms. The van der Waals surface area contributed by atoms with Crippen LogP contribution in [0.5, 0.6) is 0 Å². The van der Waals surface area contributed by atoms with Gasteiger partial charge in [-0.15, -0.1) is 11.3 Å². The third-order valence-corrected chi connectivity index (χ3v) is 6.73. The van der Waals surface area contributed by atoms with Gasteiger partial charge in [-0.05, 0) is 30.7 Å². The second-order valence-electron chi connectivity index (χ2n) is 5.94. The average molecular weight is 331 g/mol. The van der Waals surface area contributed by atoms with Crippen LogP contribution in [0.2, 0.25) is 0 Å². The molecule has 1 fully saturated rings. The lowest BCUT2D eigenvalue weighted by Gasteiger charge is -2.22. The van der Waals surface area contributed by atoms with Gasteiger partial charge in [0, 0.05) is 30.1 Å². The van der Waals surface area contributed by atoms with Gasteiger partial charge in [0.05, 0.1) is 4.90 Å². The van der Waals surface area contributed by atoms with Crippen molar-refractivity contribution in [2.24, 2.45) is 0 Å². The van der Waals surface area contributed by atoms with Crippen LogP contribution >= 0.6 is 11.3 Å². The van der Waals surface area contributed by atoms with Crippen LogP contribution in [0.1, 0.15) is 51.3 Å². The maximum Gasteiger partial charge on any atom is 0.244 e. The van der Waals surface area contributed by atoms with Gasteiger partial charge in [-0.25, -0.2) is 8.42 Å². The van der Waals surface area contributed by atoms with Gasteiger partial charge in [0.1, 0.15) is 0 Å². The summed E-state index contributed by atoms with van der Waals surface area (Å²) in [5, 5.41) is 5.20. The van der Waals surface area contributed by atoms with Crippen LogP contribution in [-0.2, 0) is 16.6 Å². The summed E-state index contributed by atoms with van der Waals surface area (Å²) in [4.78, 5) is 1.43. The maximum absolute atomic E-state index is 13.0. The Bertz CT molecular complexity index is 548. The van der Waals surface area contributed by atoms with Crippen LogP contribution < -0.4 is 5.32 Å². The second kappa shape index (κ2) is 7.22. The van der Waals surface area contributed by atoms with Crippen molar-refractivity contribution in [1.29, 1.82) is 0 Å². The third-order valence-electron chi connectivity index (χ3n) is 3.65.